The first-order valence-electron chi connectivity index (χ1n) is 8.96. The number of hydrogen-bond donors (Lipinski definition) is 0. The number of unbranched alkanes of at least 4 members (excludes halogenated alkanes) is 9. The quantitative estimate of drug-likeness (QED) is 0.377. The van der Waals surface area contributed by atoms with Gasteiger partial charge in [0.05, 0.1) is 0 Å². The monoisotopic (exact) mass is 296 g/mol. The maximum atomic E-state index is 11.9. The summed E-state index contributed by atoms with van der Waals surface area (Å²) >= 11 is 0. The summed E-state index contributed by atoms with van der Waals surface area (Å²) in [5, 5.41) is 0. The molecule has 1 atom stereocenters. The van der Waals surface area contributed by atoms with E-state index in [1.165, 1.54) is 51.4 Å². The molecule has 0 aromatic heterocycles. The normalized spacial score (nSPS) is 18.5. The smallest absolute Gasteiger partial charge is 0.306 e. The molecular weight excluding hydrogens is 264 g/mol. The Morgan fingerprint density at radius 3 is 2.14 bits per heavy atom. The van der Waals surface area contributed by atoms with Gasteiger partial charge in [-0.3, -0.25) is 9.59 Å². The Morgan fingerprint density at radius 1 is 1.00 bits per heavy atom. The first-order valence-corrected chi connectivity index (χ1v) is 8.96. The van der Waals surface area contributed by atoms with Crippen molar-refractivity contribution < 1.29 is 14.3 Å². The molecule has 3 nitrogen and oxygen atoms in total. The highest BCUT2D eigenvalue weighted by atomic mass is 16.5. The van der Waals surface area contributed by atoms with E-state index in [4.69, 9.17) is 4.74 Å². The third-order valence-corrected chi connectivity index (χ3v) is 4.26. The third-order valence-electron chi connectivity index (χ3n) is 4.26. The summed E-state index contributed by atoms with van der Waals surface area (Å²) in [5.41, 5.74) is 0. The molecule has 1 aliphatic heterocycles. The van der Waals surface area contributed by atoms with Crippen molar-refractivity contribution in [3.8, 4) is 0 Å². The number of Topliss-reactive ketones (excluding diaryl/α,β-unsaturated/α-hetero) is 1. The highest BCUT2D eigenvalue weighted by Crippen LogP contribution is 2.18. The van der Waals surface area contributed by atoms with E-state index in [2.05, 4.69) is 6.92 Å². The Balaban J connectivity index is 1.89. The van der Waals surface area contributed by atoms with Crippen LogP contribution in [0.3, 0.4) is 0 Å². The number of ketones is 1. The van der Waals surface area contributed by atoms with Crippen molar-refractivity contribution in [3.63, 3.8) is 0 Å². The molecule has 0 aromatic rings. The second-order valence-electron chi connectivity index (χ2n) is 6.27. The van der Waals surface area contributed by atoms with Gasteiger partial charge in [0.1, 0.15) is 0 Å². The number of hydrogen-bond acceptors (Lipinski definition) is 3. The molecule has 0 N–H and O–H groups in total. The number of ether oxygens (including phenoxy) is 1. The van der Waals surface area contributed by atoms with E-state index in [0.29, 0.717) is 12.8 Å². The van der Waals surface area contributed by atoms with Crippen molar-refractivity contribution in [3.05, 3.63) is 0 Å². The van der Waals surface area contributed by atoms with Crippen LogP contribution in [-0.2, 0) is 14.3 Å². The fourth-order valence-corrected chi connectivity index (χ4v) is 2.88. The lowest BCUT2D eigenvalue weighted by molar-refractivity contribution is -0.159. The molecule has 1 saturated heterocycles. The van der Waals surface area contributed by atoms with Crippen molar-refractivity contribution in [1.82, 2.24) is 0 Å². The summed E-state index contributed by atoms with van der Waals surface area (Å²) in [4.78, 5) is 23.0. The standard InChI is InChI=1S/C18H32O3/c1-2-3-4-5-6-7-8-9-10-11-13-16(19)17-14-12-15-18(20)21-17/h17H,2-15H2,1H3/t17-/m0/s1. The zero-order chi connectivity index (χ0) is 15.3. The fraction of sp³-hybridized carbons (Fsp3) is 0.889. The van der Waals surface area contributed by atoms with Gasteiger partial charge in [0.15, 0.2) is 11.9 Å². The van der Waals surface area contributed by atoms with Crippen molar-refractivity contribution in [2.45, 2.75) is 103 Å². The largest absolute Gasteiger partial charge is 0.454 e. The number of carbonyl (C=O) groups excluding carboxylic acids is 2. The van der Waals surface area contributed by atoms with E-state index in [0.717, 1.165) is 25.7 Å². The van der Waals surface area contributed by atoms with E-state index >= 15 is 0 Å². The Bertz CT molecular complexity index is 299. The average Bonchev–Trinajstić information content (AvgIpc) is 2.49. The minimum atomic E-state index is -0.440. The molecule has 0 aromatic carbocycles. The lowest BCUT2D eigenvalue weighted by Crippen LogP contribution is -2.30. The van der Waals surface area contributed by atoms with Gasteiger partial charge in [-0.1, -0.05) is 64.7 Å². The van der Waals surface area contributed by atoms with E-state index in [1.807, 2.05) is 0 Å². The summed E-state index contributed by atoms with van der Waals surface area (Å²) in [6.07, 6.45) is 14.8. The molecule has 122 valence electrons. The Morgan fingerprint density at radius 2 is 1.57 bits per heavy atom. The van der Waals surface area contributed by atoms with Crippen LogP contribution in [0.15, 0.2) is 0 Å². The van der Waals surface area contributed by atoms with Gasteiger partial charge in [0, 0.05) is 12.8 Å². The molecule has 0 radical (unpaired) electrons. The van der Waals surface area contributed by atoms with Gasteiger partial charge < -0.3 is 4.74 Å². The van der Waals surface area contributed by atoms with Gasteiger partial charge in [-0.05, 0) is 19.3 Å². The SMILES string of the molecule is CCCCCCCCCCCCC(=O)[C@@H]1CCCC(=O)O1. The molecule has 3 heteroatoms. The lowest BCUT2D eigenvalue weighted by atomic mass is 10.00. The van der Waals surface area contributed by atoms with Crippen LogP contribution in [0.2, 0.25) is 0 Å². The molecule has 0 unspecified atom stereocenters. The van der Waals surface area contributed by atoms with Gasteiger partial charge in [0.25, 0.3) is 0 Å². The van der Waals surface area contributed by atoms with Gasteiger partial charge in [-0.15, -0.1) is 0 Å². The number of rotatable bonds is 12. The molecular formula is C18H32O3. The van der Waals surface area contributed by atoms with Crippen molar-refractivity contribution >= 4 is 11.8 Å². The third kappa shape index (κ3) is 8.90. The van der Waals surface area contributed by atoms with Gasteiger partial charge in [0.2, 0.25) is 0 Å². The summed E-state index contributed by atoms with van der Waals surface area (Å²) < 4.78 is 5.10. The van der Waals surface area contributed by atoms with Gasteiger partial charge in [-0.2, -0.15) is 0 Å². The Hall–Kier alpha value is -0.860. The van der Waals surface area contributed by atoms with Gasteiger partial charge >= 0.3 is 5.97 Å². The minimum absolute atomic E-state index is 0.127. The summed E-state index contributed by atoms with van der Waals surface area (Å²) in [7, 11) is 0. The van der Waals surface area contributed by atoms with Gasteiger partial charge in [-0.25, -0.2) is 0 Å². The zero-order valence-electron chi connectivity index (χ0n) is 13.7. The van der Waals surface area contributed by atoms with Crippen LogP contribution >= 0.6 is 0 Å². The van der Waals surface area contributed by atoms with E-state index in [9.17, 15) is 9.59 Å². The molecule has 0 aliphatic carbocycles. The zero-order valence-corrected chi connectivity index (χ0v) is 13.7. The highest BCUT2D eigenvalue weighted by Gasteiger charge is 2.25. The molecule has 21 heavy (non-hydrogen) atoms. The topological polar surface area (TPSA) is 43.4 Å². The predicted octanol–water partition coefficient (Wildman–Crippen LogP) is 4.96. The van der Waals surface area contributed by atoms with Crippen molar-refractivity contribution in [2.24, 2.45) is 0 Å². The number of esters is 1. The highest BCUT2D eigenvalue weighted by molar-refractivity contribution is 5.86. The maximum absolute atomic E-state index is 11.9. The second kappa shape index (κ2) is 11.8. The van der Waals surface area contributed by atoms with E-state index in [-0.39, 0.29) is 11.8 Å². The maximum Gasteiger partial charge on any atom is 0.306 e. The molecule has 1 fully saturated rings. The average molecular weight is 296 g/mol. The van der Waals surface area contributed by atoms with E-state index < -0.39 is 6.10 Å². The summed E-state index contributed by atoms with van der Waals surface area (Å²) in [6.45, 7) is 2.25. The first-order chi connectivity index (χ1) is 10.2. The molecule has 0 amide bonds. The molecule has 0 spiro atoms. The fourth-order valence-electron chi connectivity index (χ4n) is 2.88. The Kier molecular flexibility index (Phi) is 10.2. The number of cyclic esters (lactones) is 1. The van der Waals surface area contributed by atoms with E-state index in [1.54, 1.807) is 0 Å². The van der Waals surface area contributed by atoms with Crippen LogP contribution in [0.4, 0.5) is 0 Å². The van der Waals surface area contributed by atoms with Crippen molar-refractivity contribution in [1.29, 1.82) is 0 Å². The van der Waals surface area contributed by atoms with Crippen LogP contribution in [0.5, 0.6) is 0 Å². The molecule has 0 bridgehead atoms. The van der Waals surface area contributed by atoms with Crippen LogP contribution in [0.25, 0.3) is 0 Å². The van der Waals surface area contributed by atoms with Crippen LogP contribution in [0, 0.1) is 0 Å². The Labute approximate surface area is 129 Å². The molecule has 0 saturated carbocycles. The van der Waals surface area contributed by atoms with Crippen LogP contribution in [0.1, 0.15) is 96.8 Å². The van der Waals surface area contributed by atoms with Crippen LogP contribution < -0.4 is 0 Å². The minimum Gasteiger partial charge on any atom is -0.454 e. The predicted molar refractivity (Wildman–Crippen MR) is 85.2 cm³/mol. The summed E-state index contributed by atoms with van der Waals surface area (Å²) in [6, 6.07) is 0. The molecule has 1 rings (SSSR count). The second-order valence-corrected chi connectivity index (χ2v) is 6.27. The first kappa shape index (κ1) is 18.2. The van der Waals surface area contributed by atoms with Crippen LogP contribution in [-0.4, -0.2) is 17.9 Å². The molecule has 1 aliphatic rings. The summed E-state index contributed by atoms with van der Waals surface area (Å²) in [5.74, 6) is -0.0784. The van der Waals surface area contributed by atoms with Crippen molar-refractivity contribution in [2.75, 3.05) is 0 Å². The number of carbonyl (C=O) groups is 2. The lowest BCUT2D eigenvalue weighted by Gasteiger charge is -2.20. The molecule has 1 heterocycles.